The first-order valence-electron chi connectivity index (χ1n) is 4.00. The third-order valence-electron chi connectivity index (χ3n) is 1.58. The molecule has 0 radical (unpaired) electrons. The van der Waals surface area contributed by atoms with Gasteiger partial charge in [-0.05, 0) is 13.8 Å². The van der Waals surface area contributed by atoms with Crippen molar-refractivity contribution in [3.05, 3.63) is 18.0 Å². The molecule has 1 aromatic heterocycles. The van der Waals surface area contributed by atoms with Crippen molar-refractivity contribution in [3.63, 3.8) is 0 Å². The summed E-state index contributed by atoms with van der Waals surface area (Å²) in [4.78, 5) is 0. The molecule has 0 N–H and O–H groups in total. The number of rotatable bonds is 2. The van der Waals surface area contributed by atoms with E-state index in [1.54, 1.807) is 0 Å². The van der Waals surface area contributed by atoms with E-state index in [9.17, 15) is 0 Å². The molecule has 0 aliphatic heterocycles. The van der Waals surface area contributed by atoms with Crippen LogP contribution in [0.1, 0.15) is 45.2 Å². The maximum atomic E-state index is 4.07. The summed E-state index contributed by atoms with van der Waals surface area (Å²) in [5.74, 6) is 0.475. The molecule has 0 aliphatic carbocycles. The van der Waals surface area contributed by atoms with E-state index in [-0.39, 0.29) is 116 Å². The fourth-order valence-corrected chi connectivity index (χ4v) is 0.784. The van der Waals surface area contributed by atoms with E-state index in [4.69, 9.17) is 0 Å². The predicted octanol–water partition coefficient (Wildman–Crippen LogP) is -3.80. The van der Waals surface area contributed by atoms with Crippen molar-refractivity contribution in [3.8, 4) is 0 Å². The molecular formula is C9H14N2Rb2. The van der Waals surface area contributed by atoms with Crippen LogP contribution in [0.5, 0.6) is 0 Å². The van der Waals surface area contributed by atoms with E-state index in [2.05, 4.69) is 45.2 Å². The van der Waals surface area contributed by atoms with Crippen LogP contribution in [0, 0.1) is 12.4 Å². The van der Waals surface area contributed by atoms with Crippen molar-refractivity contribution in [2.45, 2.75) is 39.7 Å². The summed E-state index contributed by atoms with van der Waals surface area (Å²) in [5, 5.41) is 4.07. The SMILES string of the molecule is CC(C)c1[c-]nn(C(C)C)[c-]1.[Rb+].[Rb+]. The Balaban J connectivity index is 0. The summed E-state index contributed by atoms with van der Waals surface area (Å²) < 4.78 is 1.81. The Labute approximate surface area is 179 Å². The Hall–Kier alpha value is 2.82. The molecule has 0 atom stereocenters. The van der Waals surface area contributed by atoms with Gasteiger partial charge < -0.3 is 27.7 Å². The van der Waals surface area contributed by atoms with Crippen LogP contribution in [0.2, 0.25) is 0 Å². The van der Waals surface area contributed by atoms with Crippen molar-refractivity contribution < 1.29 is 116 Å². The average molecular weight is 321 g/mol. The molecule has 0 unspecified atom stereocenters. The molecule has 13 heavy (non-hydrogen) atoms. The van der Waals surface area contributed by atoms with Crippen molar-refractivity contribution in [2.24, 2.45) is 0 Å². The van der Waals surface area contributed by atoms with Gasteiger partial charge in [0.25, 0.3) is 0 Å². The van der Waals surface area contributed by atoms with Crippen LogP contribution in [0.15, 0.2) is 0 Å². The molecule has 1 aromatic rings. The first-order valence-corrected chi connectivity index (χ1v) is 4.00. The summed E-state index contributed by atoms with van der Waals surface area (Å²) in [5.41, 5.74) is 1.07. The Morgan fingerprint density at radius 1 is 1.15 bits per heavy atom. The summed E-state index contributed by atoms with van der Waals surface area (Å²) in [6.07, 6.45) is 6.11. The molecule has 2 nitrogen and oxygen atoms in total. The van der Waals surface area contributed by atoms with Gasteiger partial charge in [-0.3, -0.25) is 0 Å². The van der Waals surface area contributed by atoms with Crippen molar-refractivity contribution in [1.82, 2.24) is 9.78 Å². The van der Waals surface area contributed by atoms with Crippen LogP contribution in [-0.4, -0.2) is 9.78 Å². The second-order valence-electron chi connectivity index (χ2n) is 3.33. The Kier molecular flexibility index (Phi) is 12.5. The molecule has 0 aliphatic rings. The van der Waals surface area contributed by atoms with Crippen LogP contribution in [0.3, 0.4) is 0 Å². The normalized spacial score (nSPS) is 9.69. The van der Waals surface area contributed by atoms with Gasteiger partial charge in [0.15, 0.2) is 0 Å². The Morgan fingerprint density at radius 2 is 1.69 bits per heavy atom. The molecule has 4 heteroatoms. The monoisotopic (exact) mass is 320 g/mol. The molecule has 0 saturated carbocycles. The first kappa shape index (κ1) is 18.2. The van der Waals surface area contributed by atoms with Gasteiger partial charge in [-0.1, -0.05) is 19.8 Å². The fourth-order valence-electron chi connectivity index (χ4n) is 0.784. The summed E-state index contributed by atoms with van der Waals surface area (Å²) >= 11 is 0. The van der Waals surface area contributed by atoms with E-state index >= 15 is 0 Å². The molecular weight excluding hydrogens is 307 g/mol. The largest absolute Gasteiger partial charge is 1.00 e. The van der Waals surface area contributed by atoms with Gasteiger partial charge in [0, 0.05) is 6.04 Å². The number of nitrogens with zero attached hydrogens (tertiary/aromatic N) is 2. The van der Waals surface area contributed by atoms with E-state index in [1.807, 2.05) is 4.68 Å². The summed E-state index contributed by atoms with van der Waals surface area (Å²) in [6, 6.07) is 0.388. The molecule has 0 amide bonds. The van der Waals surface area contributed by atoms with Gasteiger partial charge in [-0.25, -0.2) is 0 Å². The van der Waals surface area contributed by atoms with E-state index in [0.29, 0.717) is 12.0 Å². The minimum atomic E-state index is 0. The maximum absolute atomic E-state index is 4.07. The molecule has 62 valence electrons. The standard InChI is InChI=1S/C9H14N2.2Rb/c1-7(2)9-5-10-11(6-9)8(3)4;;/h7-8H,1-4H3;;/q-2;2*+1. The van der Waals surface area contributed by atoms with Crippen LogP contribution < -0.4 is 116 Å². The summed E-state index contributed by atoms with van der Waals surface area (Å²) in [7, 11) is 0. The quantitative estimate of drug-likeness (QED) is 0.511. The van der Waals surface area contributed by atoms with Gasteiger partial charge in [-0.2, -0.15) is 0 Å². The maximum Gasteiger partial charge on any atom is 1.00 e. The van der Waals surface area contributed by atoms with Crippen molar-refractivity contribution >= 4 is 0 Å². The molecule has 0 fully saturated rings. The van der Waals surface area contributed by atoms with Crippen molar-refractivity contribution in [1.29, 1.82) is 0 Å². The van der Waals surface area contributed by atoms with Gasteiger partial charge in [-0.15, -0.1) is 0 Å². The van der Waals surface area contributed by atoms with E-state index < -0.39 is 0 Å². The Morgan fingerprint density at radius 3 is 1.92 bits per heavy atom. The fraction of sp³-hybridized carbons (Fsp3) is 0.667. The van der Waals surface area contributed by atoms with Crippen molar-refractivity contribution in [2.75, 3.05) is 0 Å². The topological polar surface area (TPSA) is 17.8 Å². The zero-order chi connectivity index (χ0) is 8.43. The van der Waals surface area contributed by atoms with Crippen LogP contribution >= 0.6 is 0 Å². The second-order valence-corrected chi connectivity index (χ2v) is 3.33. The van der Waals surface area contributed by atoms with Gasteiger partial charge >= 0.3 is 116 Å². The minimum Gasteiger partial charge on any atom is -0.482 e. The molecule has 0 spiro atoms. The third-order valence-corrected chi connectivity index (χ3v) is 1.58. The second kappa shape index (κ2) is 8.91. The summed E-state index contributed by atoms with van der Waals surface area (Å²) in [6.45, 7) is 8.41. The number of aromatic nitrogens is 2. The molecule has 0 aromatic carbocycles. The van der Waals surface area contributed by atoms with Crippen LogP contribution in [0.4, 0.5) is 0 Å². The molecule has 1 rings (SSSR count). The van der Waals surface area contributed by atoms with Crippen LogP contribution in [-0.2, 0) is 0 Å². The molecule has 0 bridgehead atoms. The van der Waals surface area contributed by atoms with Gasteiger partial charge in [0.05, 0.1) is 0 Å². The van der Waals surface area contributed by atoms with E-state index in [0.717, 1.165) is 5.56 Å². The Bertz CT molecular complexity index is 209. The number of hydrogen-bond acceptors (Lipinski definition) is 1. The smallest absolute Gasteiger partial charge is 0.482 e. The van der Waals surface area contributed by atoms with E-state index in [1.165, 1.54) is 0 Å². The van der Waals surface area contributed by atoms with Gasteiger partial charge in [0.2, 0.25) is 0 Å². The number of hydrogen-bond donors (Lipinski definition) is 0. The average Bonchev–Trinajstić information content (AvgIpc) is 2.33. The third kappa shape index (κ3) is 6.20. The molecule has 0 saturated heterocycles. The zero-order valence-electron chi connectivity index (χ0n) is 9.55. The molecule has 1 heterocycles. The zero-order valence-corrected chi connectivity index (χ0v) is 19.4. The van der Waals surface area contributed by atoms with Gasteiger partial charge in [0.1, 0.15) is 0 Å². The predicted molar refractivity (Wildman–Crippen MR) is 44.4 cm³/mol. The van der Waals surface area contributed by atoms with Crippen LogP contribution in [0.25, 0.3) is 0 Å². The minimum absolute atomic E-state index is 0. The first-order chi connectivity index (χ1) is 5.11.